The van der Waals surface area contributed by atoms with E-state index in [1.54, 1.807) is 0 Å². The number of nitrogens with one attached hydrogen (secondary N) is 1. The summed E-state index contributed by atoms with van der Waals surface area (Å²) in [5, 5.41) is 3.42. The summed E-state index contributed by atoms with van der Waals surface area (Å²) >= 11 is 0. The summed E-state index contributed by atoms with van der Waals surface area (Å²) in [4.78, 5) is 0. The zero-order valence-electron chi connectivity index (χ0n) is 12.0. The second-order valence-electron chi connectivity index (χ2n) is 5.62. The molecule has 108 valence electrons. The topological polar surface area (TPSA) is 46.2 Å². The molecule has 0 radical (unpaired) electrons. The summed E-state index contributed by atoms with van der Waals surface area (Å²) in [6.45, 7) is 5.40. The number of hydrogen-bond acceptors (Lipinski definition) is 3. The first-order valence-electron chi connectivity index (χ1n) is 7.51. The summed E-state index contributed by atoms with van der Waals surface area (Å²) in [6.07, 6.45) is 8.08. The molecule has 0 amide bonds. The van der Waals surface area contributed by atoms with Gasteiger partial charge < -0.3 is 5.32 Å². The van der Waals surface area contributed by atoms with E-state index in [2.05, 4.69) is 19.2 Å². The van der Waals surface area contributed by atoms with Crippen LogP contribution in [0.15, 0.2) is 0 Å². The molecule has 0 spiro atoms. The molecule has 0 aliphatic heterocycles. The Kier molecular flexibility index (Phi) is 7.23. The summed E-state index contributed by atoms with van der Waals surface area (Å²) < 4.78 is 24.1. The lowest BCUT2D eigenvalue weighted by molar-refractivity contribution is 0.493. The van der Waals surface area contributed by atoms with Crippen LogP contribution in [0.4, 0.5) is 0 Å². The molecule has 3 nitrogen and oxygen atoms in total. The van der Waals surface area contributed by atoms with Crippen molar-refractivity contribution in [1.29, 1.82) is 0 Å². The van der Waals surface area contributed by atoms with Crippen molar-refractivity contribution in [2.45, 2.75) is 76.5 Å². The fraction of sp³-hybridized carbons (Fsp3) is 1.00. The van der Waals surface area contributed by atoms with Crippen molar-refractivity contribution in [3.05, 3.63) is 0 Å². The van der Waals surface area contributed by atoms with Crippen molar-refractivity contribution in [3.63, 3.8) is 0 Å². The fourth-order valence-electron chi connectivity index (χ4n) is 2.66. The summed E-state index contributed by atoms with van der Waals surface area (Å²) in [7, 11) is -2.80. The van der Waals surface area contributed by atoms with Gasteiger partial charge in [0.05, 0.1) is 11.0 Å². The lowest BCUT2D eigenvalue weighted by Crippen LogP contribution is -2.27. The van der Waals surface area contributed by atoms with E-state index in [9.17, 15) is 8.42 Å². The Morgan fingerprint density at radius 3 is 2.50 bits per heavy atom. The normalized spacial score (nSPS) is 19.2. The van der Waals surface area contributed by atoms with E-state index in [1.165, 1.54) is 0 Å². The second-order valence-corrected chi connectivity index (χ2v) is 8.03. The van der Waals surface area contributed by atoms with Crippen LogP contribution in [0, 0.1) is 0 Å². The number of hydrogen-bond donors (Lipinski definition) is 1. The molecule has 4 heteroatoms. The van der Waals surface area contributed by atoms with Crippen molar-refractivity contribution < 1.29 is 8.42 Å². The van der Waals surface area contributed by atoms with E-state index in [4.69, 9.17) is 0 Å². The van der Waals surface area contributed by atoms with Crippen LogP contribution in [0.5, 0.6) is 0 Å². The lowest BCUT2D eigenvalue weighted by atomic mass is 10.1. The third-order valence-corrected chi connectivity index (χ3v) is 6.21. The van der Waals surface area contributed by atoms with E-state index in [0.29, 0.717) is 11.8 Å². The molecule has 1 unspecified atom stereocenters. The van der Waals surface area contributed by atoms with E-state index in [-0.39, 0.29) is 5.25 Å². The molecule has 18 heavy (non-hydrogen) atoms. The predicted molar refractivity (Wildman–Crippen MR) is 77.6 cm³/mol. The highest BCUT2D eigenvalue weighted by Gasteiger charge is 2.27. The molecule has 1 atom stereocenters. The molecule has 1 rings (SSSR count). The van der Waals surface area contributed by atoms with Gasteiger partial charge in [0.15, 0.2) is 9.84 Å². The molecule has 1 N–H and O–H groups in total. The van der Waals surface area contributed by atoms with E-state index in [0.717, 1.165) is 57.9 Å². The highest BCUT2D eigenvalue weighted by atomic mass is 32.2. The van der Waals surface area contributed by atoms with Crippen LogP contribution in [-0.4, -0.2) is 32.0 Å². The van der Waals surface area contributed by atoms with Gasteiger partial charge >= 0.3 is 0 Å². The molecule has 0 aromatic rings. The molecule has 0 aromatic heterocycles. The van der Waals surface area contributed by atoms with Gasteiger partial charge in [0.25, 0.3) is 0 Å². The minimum absolute atomic E-state index is 0.0202. The van der Waals surface area contributed by atoms with Gasteiger partial charge in [-0.3, -0.25) is 0 Å². The van der Waals surface area contributed by atoms with Crippen LogP contribution in [0.1, 0.15) is 65.2 Å². The van der Waals surface area contributed by atoms with Gasteiger partial charge in [-0.15, -0.1) is 0 Å². The van der Waals surface area contributed by atoms with Crippen LogP contribution in [0.3, 0.4) is 0 Å². The minimum Gasteiger partial charge on any atom is -0.314 e. The first-order valence-corrected chi connectivity index (χ1v) is 9.22. The average Bonchev–Trinajstić information content (AvgIpc) is 2.86. The standard InChI is InChI=1S/C14H29NO2S/c1-3-11-15-13(2)8-6-7-12-18(16,17)14-9-4-5-10-14/h13-15H,3-12H2,1-2H3. The molecular weight excluding hydrogens is 246 g/mol. The van der Waals surface area contributed by atoms with Crippen molar-refractivity contribution in [1.82, 2.24) is 5.32 Å². The Bertz CT molecular complexity index is 308. The number of sulfone groups is 1. The van der Waals surface area contributed by atoms with Crippen molar-refractivity contribution in [2.75, 3.05) is 12.3 Å². The summed E-state index contributed by atoms with van der Waals surface area (Å²) in [5.74, 6) is 0.401. The highest BCUT2D eigenvalue weighted by Crippen LogP contribution is 2.25. The molecule has 1 aliphatic carbocycles. The molecule has 1 fully saturated rings. The van der Waals surface area contributed by atoms with Crippen LogP contribution >= 0.6 is 0 Å². The maximum Gasteiger partial charge on any atom is 0.153 e. The Morgan fingerprint density at radius 2 is 1.89 bits per heavy atom. The van der Waals surface area contributed by atoms with Gasteiger partial charge in [0, 0.05) is 6.04 Å². The van der Waals surface area contributed by atoms with Crippen LogP contribution in [-0.2, 0) is 9.84 Å². The molecular formula is C14H29NO2S. The highest BCUT2D eigenvalue weighted by molar-refractivity contribution is 7.92. The van der Waals surface area contributed by atoms with Gasteiger partial charge in [-0.2, -0.15) is 0 Å². The molecule has 0 bridgehead atoms. The second kappa shape index (κ2) is 8.16. The SMILES string of the molecule is CCCNC(C)CCCCS(=O)(=O)C1CCCC1. The van der Waals surface area contributed by atoms with Gasteiger partial charge in [0.1, 0.15) is 0 Å². The third-order valence-electron chi connectivity index (χ3n) is 3.87. The van der Waals surface area contributed by atoms with Gasteiger partial charge in [-0.25, -0.2) is 8.42 Å². The van der Waals surface area contributed by atoms with Gasteiger partial charge in [-0.05, 0) is 45.6 Å². The Morgan fingerprint density at radius 1 is 1.22 bits per heavy atom. The van der Waals surface area contributed by atoms with Crippen molar-refractivity contribution >= 4 is 9.84 Å². The predicted octanol–water partition coefficient (Wildman–Crippen LogP) is 2.90. The first-order chi connectivity index (χ1) is 8.56. The number of unbranched alkanes of at least 4 members (excludes halogenated alkanes) is 1. The Balaban J connectivity index is 2.13. The number of rotatable bonds is 9. The van der Waals surface area contributed by atoms with Gasteiger partial charge in [0.2, 0.25) is 0 Å². The smallest absolute Gasteiger partial charge is 0.153 e. The van der Waals surface area contributed by atoms with Crippen LogP contribution in [0.2, 0.25) is 0 Å². The monoisotopic (exact) mass is 275 g/mol. The zero-order valence-corrected chi connectivity index (χ0v) is 12.8. The fourth-order valence-corrected chi connectivity index (χ4v) is 4.65. The summed E-state index contributed by atoms with van der Waals surface area (Å²) in [6, 6.07) is 0.513. The molecule has 0 heterocycles. The maximum atomic E-state index is 12.0. The molecule has 1 saturated carbocycles. The van der Waals surface area contributed by atoms with E-state index < -0.39 is 9.84 Å². The third kappa shape index (κ3) is 5.70. The first kappa shape index (κ1) is 16.0. The lowest BCUT2D eigenvalue weighted by Gasteiger charge is -2.14. The maximum absolute atomic E-state index is 12.0. The Hall–Kier alpha value is -0.0900. The van der Waals surface area contributed by atoms with Crippen LogP contribution in [0.25, 0.3) is 0 Å². The zero-order chi connectivity index (χ0) is 13.4. The van der Waals surface area contributed by atoms with E-state index in [1.807, 2.05) is 0 Å². The van der Waals surface area contributed by atoms with E-state index >= 15 is 0 Å². The van der Waals surface area contributed by atoms with Crippen molar-refractivity contribution in [2.24, 2.45) is 0 Å². The van der Waals surface area contributed by atoms with Gasteiger partial charge in [-0.1, -0.05) is 26.2 Å². The quantitative estimate of drug-likeness (QED) is 0.658. The molecule has 0 aromatic carbocycles. The molecule has 0 saturated heterocycles. The molecule has 1 aliphatic rings. The van der Waals surface area contributed by atoms with Crippen LogP contribution < -0.4 is 5.32 Å². The summed E-state index contributed by atoms with van der Waals surface area (Å²) in [5.41, 5.74) is 0. The average molecular weight is 275 g/mol. The minimum atomic E-state index is -2.80. The van der Waals surface area contributed by atoms with Crippen molar-refractivity contribution in [3.8, 4) is 0 Å². The largest absolute Gasteiger partial charge is 0.314 e. The Labute approximate surface area is 113 Å².